The van der Waals surface area contributed by atoms with Crippen molar-refractivity contribution in [2.75, 3.05) is 7.11 Å². The van der Waals surface area contributed by atoms with Gasteiger partial charge in [0.15, 0.2) is 0 Å². The van der Waals surface area contributed by atoms with Gasteiger partial charge in [-0.15, -0.1) is 0 Å². The molecule has 1 aromatic carbocycles. The quantitative estimate of drug-likeness (QED) is 0.760. The molecule has 1 aliphatic carbocycles. The van der Waals surface area contributed by atoms with Crippen LogP contribution in [0.15, 0.2) is 23.1 Å². The Balaban J connectivity index is 2.18. The second kappa shape index (κ2) is 6.42. The van der Waals surface area contributed by atoms with E-state index in [9.17, 15) is 13.2 Å². The number of carbonyl (C=O) groups is 1. The van der Waals surface area contributed by atoms with E-state index in [1.54, 1.807) is 0 Å². The van der Waals surface area contributed by atoms with E-state index in [1.165, 1.54) is 25.3 Å². The Hall–Kier alpha value is -1.64. The first-order valence-electron chi connectivity index (χ1n) is 6.59. The molecule has 8 heteroatoms. The molecule has 2 rings (SSSR count). The van der Waals surface area contributed by atoms with Crippen molar-refractivity contribution in [2.24, 2.45) is 5.73 Å². The largest absolute Gasteiger partial charge is 0.496 e. The number of rotatable bonds is 6. The third-order valence-corrected chi connectivity index (χ3v) is 4.56. The summed E-state index contributed by atoms with van der Waals surface area (Å²) in [7, 11) is -2.49. The van der Waals surface area contributed by atoms with Crippen molar-refractivity contribution in [3.63, 3.8) is 0 Å². The van der Waals surface area contributed by atoms with Gasteiger partial charge in [-0.05, 0) is 31.0 Å². The maximum absolute atomic E-state index is 12.1. The predicted octanol–water partition coefficient (Wildman–Crippen LogP) is 0.947. The van der Waals surface area contributed by atoms with E-state index in [0.29, 0.717) is 0 Å². The lowest BCUT2D eigenvalue weighted by Crippen LogP contribution is -2.28. The number of sulfonamides is 1. The van der Waals surface area contributed by atoms with Gasteiger partial charge in [-0.3, -0.25) is 9.63 Å². The van der Waals surface area contributed by atoms with Gasteiger partial charge in [-0.1, -0.05) is 17.7 Å². The SMILES string of the molecule is COc1ccc(S(=O)(=O)NOC2CCCC2)cc1C(N)=O. The van der Waals surface area contributed by atoms with Crippen LogP contribution in [-0.2, 0) is 14.9 Å². The van der Waals surface area contributed by atoms with Crippen molar-refractivity contribution in [1.29, 1.82) is 0 Å². The summed E-state index contributed by atoms with van der Waals surface area (Å²) in [5, 5.41) is 0. The average molecular weight is 314 g/mol. The smallest absolute Gasteiger partial charge is 0.262 e. The summed E-state index contributed by atoms with van der Waals surface area (Å²) in [6.45, 7) is 0. The second-order valence-electron chi connectivity index (χ2n) is 4.84. The summed E-state index contributed by atoms with van der Waals surface area (Å²) < 4.78 is 29.2. The Morgan fingerprint density at radius 3 is 2.57 bits per heavy atom. The number of benzene rings is 1. The van der Waals surface area contributed by atoms with Gasteiger partial charge < -0.3 is 10.5 Å². The van der Waals surface area contributed by atoms with Crippen LogP contribution < -0.4 is 15.4 Å². The lowest BCUT2D eigenvalue weighted by Gasteiger charge is -2.13. The number of methoxy groups -OCH3 is 1. The van der Waals surface area contributed by atoms with E-state index >= 15 is 0 Å². The molecule has 21 heavy (non-hydrogen) atoms. The molecule has 0 aliphatic heterocycles. The van der Waals surface area contributed by atoms with Crippen LogP contribution in [0.5, 0.6) is 5.75 Å². The molecule has 3 N–H and O–H groups in total. The fourth-order valence-electron chi connectivity index (χ4n) is 2.23. The third-order valence-electron chi connectivity index (χ3n) is 3.37. The van der Waals surface area contributed by atoms with Gasteiger partial charge in [-0.2, -0.15) is 0 Å². The van der Waals surface area contributed by atoms with Crippen molar-refractivity contribution in [2.45, 2.75) is 36.7 Å². The second-order valence-corrected chi connectivity index (χ2v) is 6.48. The molecule has 0 heterocycles. The van der Waals surface area contributed by atoms with E-state index in [0.717, 1.165) is 25.7 Å². The van der Waals surface area contributed by atoms with Crippen LogP contribution in [0.3, 0.4) is 0 Å². The molecule has 0 bridgehead atoms. The van der Waals surface area contributed by atoms with E-state index in [2.05, 4.69) is 4.89 Å². The third kappa shape index (κ3) is 3.72. The van der Waals surface area contributed by atoms with E-state index in [4.69, 9.17) is 15.3 Å². The van der Waals surface area contributed by atoms with Crippen molar-refractivity contribution in [3.05, 3.63) is 23.8 Å². The van der Waals surface area contributed by atoms with Gasteiger partial charge in [0, 0.05) is 0 Å². The van der Waals surface area contributed by atoms with Crippen LogP contribution in [0.4, 0.5) is 0 Å². The first kappa shape index (κ1) is 15.7. The summed E-state index contributed by atoms with van der Waals surface area (Å²) in [4.78, 5) is 18.5. The summed E-state index contributed by atoms with van der Waals surface area (Å²) in [5.74, 6) is -0.543. The molecule has 0 unspecified atom stereocenters. The van der Waals surface area contributed by atoms with Crippen LogP contribution in [-0.4, -0.2) is 27.5 Å². The predicted molar refractivity (Wildman–Crippen MR) is 75.2 cm³/mol. The minimum Gasteiger partial charge on any atom is -0.496 e. The minimum atomic E-state index is -3.86. The fraction of sp³-hybridized carbons (Fsp3) is 0.462. The standard InChI is InChI=1S/C13H18N2O5S/c1-19-12-7-6-10(8-11(12)13(14)16)21(17,18)15-20-9-4-2-3-5-9/h6-9,15H,2-5H2,1H3,(H2,14,16). The van der Waals surface area contributed by atoms with Crippen LogP contribution in [0, 0.1) is 0 Å². The van der Waals surface area contributed by atoms with Gasteiger partial charge in [0.1, 0.15) is 5.75 Å². The van der Waals surface area contributed by atoms with Gasteiger partial charge in [0.05, 0.1) is 23.7 Å². The molecule has 0 saturated heterocycles. The van der Waals surface area contributed by atoms with Gasteiger partial charge >= 0.3 is 0 Å². The number of hydrogen-bond acceptors (Lipinski definition) is 5. The fourth-order valence-corrected chi connectivity index (χ4v) is 3.11. The molecule has 0 atom stereocenters. The molecular formula is C13H18N2O5S. The Labute approximate surface area is 123 Å². The van der Waals surface area contributed by atoms with E-state index in [1.807, 2.05) is 0 Å². The molecule has 1 aromatic rings. The number of nitrogens with one attached hydrogen (secondary N) is 1. The van der Waals surface area contributed by atoms with Crippen LogP contribution in [0.2, 0.25) is 0 Å². The van der Waals surface area contributed by atoms with Crippen LogP contribution in [0.1, 0.15) is 36.0 Å². The number of carbonyl (C=O) groups excluding carboxylic acids is 1. The molecule has 7 nitrogen and oxygen atoms in total. The summed E-state index contributed by atoms with van der Waals surface area (Å²) in [6.07, 6.45) is 3.62. The number of primary amides is 1. The zero-order valence-corrected chi connectivity index (χ0v) is 12.5. The van der Waals surface area contributed by atoms with Crippen molar-refractivity contribution in [3.8, 4) is 5.75 Å². The Morgan fingerprint density at radius 1 is 1.33 bits per heavy atom. The summed E-state index contributed by atoms with van der Waals surface area (Å²) in [5.41, 5.74) is 5.21. The first-order chi connectivity index (χ1) is 9.94. The Bertz CT molecular complexity index is 623. The highest BCUT2D eigenvalue weighted by Gasteiger charge is 2.22. The van der Waals surface area contributed by atoms with Gasteiger partial charge in [-0.25, -0.2) is 8.42 Å². The van der Waals surface area contributed by atoms with E-state index in [-0.39, 0.29) is 22.3 Å². The maximum Gasteiger partial charge on any atom is 0.262 e. The number of ether oxygens (including phenoxy) is 1. The van der Waals surface area contributed by atoms with Crippen molar-refractivity contribution in [1.82, 2.24) is 4.89 Å². The van der Waals surface area contributed by atoms with Crippen LogP contribution in [0.25, 0.3) is 0 Å². The number of hydrogen-bond donors (Lipinski definition) is 2. The highest BCUT2D eigenvalue weighted by molar-refractivity contribution is 7.89. The number of amides is 1. The summed E-state index contributed by atoms with van der Waals surface area (Å²) >= 11 is 0. The molecular weight excluding hydrogens is 296 g/mol. The van der Waals surface area contributed by atoms with Crippen molar-refractivity contribution >= 4 is 15.9 Å². The monoisotopic (exact) mass is 314 g/mol. The summed E-state index contributed by atoms with van der Waals surface area (Å²) in [6, 6.07) is 3.87. The number of nitrogens with two attached hydrogens (primary N) is 1. The Kier molecular flexibility index (Phi) is 4.81. The average Bonchev–Trinajstić information content (AvgIpc) is 2.97. The lowest BCUT2D eigenvalue weighted by molar-refractivity contribution is 0.0223. The first-order valence-corrected chi connectivity index (χ1v) is 8.07. The maximum atomic E-state index is 12.1. The molecule has 1 amide bonds. The van der Waals surface area contributed by atoms with E-state index < -0.39 is 15.9 Å². The Morgan fingerprint density at radius 2 is 2.00 bits per heavy atom. The highest BCUT2D eigenvalue weighted by atomic mass is 32.2. The zero-order valence-electron chi connectivity index (χ0n) is 11.7. The molecule has 0 aromatic heterocycles. The van der Waals surface area contributed by atoms with Crippen molar-refractivity contribution < 1.29 is 22.8 Å². The molecule has 0 radical (unpaired) electrons. The topological polar surface area (TPSA) is 108 Å². The lowest BCUT2D eigenvalue weighted by atomic mass is 10.2. The molecule has 116 valence electrons. The molecule has 1 fully saturated rings. The van der Waals surface area contributed by atoms with Crippen LogP contribution >= 0.6 is 0 Å². The normalized spacial score (nSPS) is 16.0. The van der Waals surface area contributed by atoms with Gasteiger partial charge in [0.25, 0.3) is 15.9 Å². The molecule has 1 aliphatic rings. The van der Waals surface area contributed by atoms with Gasteiger partial charge in [0.2, 0.25) is 0 Å². The molecule has 0 spiro atoms. The molecule has 1 saturated carbocycles. The minimum absolute atomic E-state index is 0.00115. The highest BCUT2D eigenvalue weighted by Crippen LogP contribution is 2.23. The zero-order chi connectivity index (χ0) is 15.5.